The van der Waals surface area contributed by atoms with Crippen LogP contribution in [0.2, 0.25) is 0 Å². The molecule has 0 saturated carbocycles. The minimum atomic E-state index is -0.0390. The van der Waals surface area contributed by atoms with Crippen LogP contribution in [0.25, 0.3) is 10.9 Å². The highest BCUT2D eigenvalue weighted by Crippen LogP contribution is 2.27. The van der Waals surface area contributed by atoms with E-state index in [1.807, 2.05) is 36.2 Å². The van der Waals surface area contributed by atoms with Crippen molar-refractivity contribution in [3.05, 3.63) is 59.3 Å². The van der Waals surface area contributed by atoms with Crippen molar-refractivity contribution in [2.24, 2.45) is 0 Å². The number of nitrogens with one attached hydrogen (secondary N) is 1. The first-order valence-electron chi connectivity index (χ1n) is 11.6. The van der Waals surface area contributed by atoms with E-state index in [0.29, 0.717) is 57.1 Å². The molecule has 2 saturated heterocycles. The fourth-order valence-corrected chi connectivity index (χ4v) is 4.76. The molecule has 0 radical (unpaired) electrons. The highest BCUT2D eigenvalue weighted by molar-refractivity contribution is 5.95. The molecule has 0 aliphatic carbocycles. The van der Waals surface area contributed by atoms with Gasteiger partial charge in [0.05, 0.1) is 24.5 Å². The molecule has 2 fully saturated rings. The van der Waals surface area contributed by atoms with E-state index in [2.05, 4.69) is 21.0 Å². The molecular weight excluding hydrogens is 418 g/mol. The number of carbonyl (C=O) groups is 2. The molecule has 0 bridgehead atoms. The van der Waals surface area contributed by atoms with E-state index >= 15 is 0 Å². The molecule has 1 aromatic carbocycles. The van der Waals surface area contributed by atoms with Crippen molar-refractivity contribution in [1.82, 2.24) is 24.8 Å². The normalized spacial score (nSPS) is 18.8. The lowest BCUT2D eigenvalue weighted by molar-refractivity contribution is -0.130. The number of rotatable bonds is 5. The molecule has 1 N–H and O–H groups in total. The molecule has 2 aromatic heterocycles. The topological polar surface area (TPSA) is 91.4 Å². The van der Waals surface area contributed by atoms with Crippen molar-refractivity contribution in [2.45, 2.75) is 32.1 Å². The van der Waals surface area contributed by atoms with Crippen LogP contribution in [0.15, 0.2) is 36.7 Å². The van der Waals surface area contributed by atoms with E-state index in [4.69, 9.17) is 4.74 Å². The molecule has 1 atom stereocenters. The third kappa shape index (κ3) is 4.48. The molecule has 8 heteroatoms. The Hall–Kier alpha value is -3.26. The molecule has 0 spiro atoms. The van der Waals surface area contributed by atoms with Gasteiger partial charge in [-0.05, 0) is 31.4 Å². The van der Waals surface area contributed by atoms with Gasteiger partial charge in [-0.1, -0.05) is 18.2 Å². The Morgan fingerprint density at radius 1 is 1.15 bits per heavy atom. The van der Waals surface area contributed by atoms with Crippen LogP contribution in [0.1, 0.15) is 46.2 Å². The number of amides is 2. The van der Waals surface area contributed by atoms with Gasteiger partial charge in [0.15, 0.2) is 0 Å². The maximum Gasteiger partial charge on any atom is 0.257 e. The second kappa shape index (κ2) is 9.31. The van der Waals surface area contributed by atoms with Crippen LogP contribution >= 0.6 is 0 Å². The summed E-state index contributed by atoms with van der Waals surface area (Å²) in [6, 6.07) is 8.17. The number of aromatic nitrogens is 3. The van der Waals surface area contributed by atoms with Crippen LogP contribution in [0.3, 0.4) is 0 Å². The summed E-state index contributed by atoms with van der Waals surface area (Å²) in [6.45, 7) is 5.53. The minimum Gasteiger partial charge on any atom is -0.378 e. The summed E-state index contributed by atoms with van der Waals surface area (Å²) < 4.78 is 5.33. The summed E-state index contributed by atoms with van der Waals surface area (Å²) >= 11 is 0. The summed E-state index contributed by atoms with van der Waals surface area (Å²) in [6.07, 6.45) is 5.70. The number of benzene rings is 1. The van der Waals surface area contributed by atoms with E-state index < -0.39 is 0 Å². The highest BCUT2D eigenvalue weighted by atomic mass is 16.5. The largest absolute Gasteiger partial charge is 0.378 e. The zero-order valence-electron chi connectivity index (χ0n) is 18.9. The van der Waals surface area contributed by atoms with Crippen LogP contribution in [-0.2, 0) is 16.0 Å². The molecule has 5 rings (SSSR count). The lowest BCUT2D eigenvalue weighted by Gasteiger charge is -2.27. The monoisotopic (exact) mass is 447 g/mol. The number of hydrogen-bond donors (Lipinski definition) is 1. The molecule has 2 amide bonds. The number of carbonyl (C=O) groups excluding carboxylic acids is 2. The highest BCUT2D eigenvalue weighted by Gasteiger charge is 2.30. The molecular formula is C25H29N5O3. The van der Waals surface area contributed by atoms with Gasteiger partial charge in [-0.15, -0.1) is 0 Å². The van der Waals surface area contributed by atoms with Crippen molar-refractivity contribution in [3.8, 4) is 0 Å². The first-order chi connectivity index (χ1) is 16.1. The Morgan fingerprint density at radius 2 is 1.97 bits per heavy atom. The van der Waals surface area contributed by atoms with Crippen LogP contribution < -0.4 is 0 Å². The summed E-state index contributed by atoms with van der Waals surface area (Å²) in [5.41, 5.74) is 3.52. The van der Waals surface area contributed by atoms with Gasteiger partial charge in [-0.2, -0.15) is 0 Å². The van der Waals surface area contributed by atoms with Crippen molar-refractivity contribution < 1.29 is 14.3 Å². The lowest BCUT2D eigenvalue weighted by Crippen LogP contribution is -2.41. The molecule has 4 heterocycles. The average Bonchev–Trinajstić information content (AvgIpc) is 3.50. The summed E-state index contributed by atoms with van der Waals surface area (Å²) in [7, 11) is 0. The number of likely N-dealkylation sites (tertiary alicyclic amines) is 1. The van der Waals surface area contributed by atoms with Gasteiger partial charge >= 0.3 is 0 Å². The molecule has 172 valence electrons. The first kappa shape index (κ1) is 21.6. The van der Waals surface area contributed by atoms with E-state index in [-0.39, 0.29) is 17.7 Å². The standard InChI is InChI=1S/C25H29N5O3/c1-17-21(25(32)29-10-12-33-13-11-29)15-27-24(28-17)19-8-9-30(16-19)23(31)7-6-18-14-26-22-5-3-2-4-20(18)22/h2-5,14-15,19,26H,6-13,16H2,1H3/t19-/m1/s1. The number of hydrogen-bond acceptors (Lipinski definition) is 5. The number of para-hydroxylation sites is 1. The van der Waals surface area contributed by atoms with E-state index in [9.17, 15) is 9.59 Å². The number of nitrogens with zero attached hydrogens (tertiary/aromatic N) is 4. The summed E-state index contributed by atoms with van der Waals surface area (Å²) in [4.78, 5) is 41.8. The third-order valence-electron chi connectivity index (χ3n) is 6.72. The summed E-state index contributed by atoms with van der Waals surface area (Å²) in [5.74, 6) is 0.952. The average molecular weight is 448 g/mol. The van der Waals surface area contributed by atoms with Gasteiger partial charge in [-0.3, -0.25) is 9.59 Å². The predicted molar refractivity (Wildman–Crippen MR) is 124 cm³/mol. The zero-order chi connectivity index (χ0) is 22.8. The predicted octanol–water partition coefficient (Wildman–Crippen LogP) is 2.69. The molecule has 33 heavy (non-hydrogen) atoms. The van der Waals surface area contributed by atoms with Crippen LogP contribution in [0.5, 0.6) is 0 Å². The minimum absolute atomic E-state index is 0.0390. The SMILES string of the molecule is Cc1nc([C@@H]2CCN(C(=O)CCc3c[nH]c4ccccc34)C2)ncc1C(=O)N1CCOCC1. The Morgan fingerprint density at radius 3 is 2.79 bits per heavy atom. The Labute approximate surface area is 193 Å². The van der Waals surface area contributed by atoms with Crippen molar-refractivity contribution in [3.63, 3.8) is 0 Å². The number of aryl methyl sites for hydroxylation is 2. The number of aromatic amines is 1. The maximum absolute atomic E-state index is 12.9. The fraction of sp³-hybridized carbons (Fsp3) is 0.440. The Bertz CT molecular complexity index is 1170. The van der Waals surface area contributed by atoms with Gasteiger partial charge in [0.1, 0.15) is 5.82 Å². The number of H-pyrrole nitrogens is 1. The fourth-order valence-electron chi connectivity index (χ4n) is 4.76. The molecule has 8 nitrogen and oxygen atoms in total. The molecule has 0 unspecified atom stereocenters. The third-order valence-corrected chi connectivity index (χ3v) is 6.72. The van der Waals surface area contributed by atoms with Gasteiger partial charge in [0, 0.05) is 61.8 Å². The van der Waals surface area contributed by atoms with Crippen LogP contribution in [-0.4, -0.2) is 76.0 Å². The van der Waals surface area contributed by atoms with Gasteiger partial charge in [-0.25, -0.2) is 9.97 Å². The smallest absolute Gasteiger partial charge is 0.257 e. The summed E-state index contributed by atoms with van der Waals surface area (Å²) in [5, 5.41) is 1.18. The number of morpholine rings is 1. The number of fused-ring (bicyclic) bond motifs is 1. The quantitative estimate of drug-likeness (QED) is 0.649. The van der Waals surface area contributed by atoms with Crippen molar-refractivity contribution in [2.75, 3.05) is 39.4 Å². The lowest BCUT2D eigenvalue weighted by atomic mass is 10.1. The Balaban J connectivity index is 1.19. The molecule has 3 aromatic rings. The Kier molecular flexibility index (Phi) is 6.09. The van der Waals surface area contributed by atoms with Crippen LogP contribution in [0, 0.1) is 6.92 Å². The van der Waals surface area contributed by atoms with E-state index in [0.717, 1.165) is 24.2 Å². The van der Waals surface area contributed by atoms with Gasteiger partial charge < -0.3 is 19.5 Å². The van der Waals surface area contributed by atoms with Crippen molar-refractivity contribution >= 4 is 22.7 Å². The van der Waals surface area contributed by atoms with Gasteiger partial charge in [0.25, 0.3) is 5.91 Å². The van der Waals surface area contributed by atoms with E-state index in [1.54, 1.807) is 11.1 Å². The van der Waals surface area contributed by atoms with E-state index in [1.165, 1.54) is 10.9 Å². The second-order valence-electron chi connectivity index (χ2n) is 8.82. The van der Waals surface area contributed by atoms with Crippen molar-refractivity contribution in [1.29, 1.82) is 0 Å². The maximum atomic E-state index is 12.9. The molecule has 2 aliphatic heterocycles. The zero-order valence-corrected chi connectivity index (χ0v) is 18.9. The second-order valence-corrected chi connectivity index (χ2v) is 8.82. The van der Waals surface area contributed by atoms with Crippen LogP contribution in [0.4, 0.5) is 0 Å². The first-order valence-corrected chi connectivity index (χ1v) is 11.6. The molecule has 2 aliphatic rings. The number of ether oxygens (including phenoxy) is 1. The van der Waals surface area contributed by atoms with Gasteiger partial charge in [0.2, 0.25) is 5.91 Å².